The van der Waals surface area contributed by atoms with E-state index in [0.717, 1.165) is 11.8 Å². The highest BCUT2D eigenvalue weighted by Gasteiger charge is 2.45. The summed E-state index contributed by atoms with van der Waals surface area (Å²) in [4.78, 5) is 2.66. The van der Waals surface area contributed by atoms with Crippen molar-refractivity contribution < 1.29 is 0 Å². The van der Waals surface area contributed by atoms with Crippen LogP contribution in [0, 0.1) is 22.2 Å². The van der Waals surface area contributed by atoms with Crippen LogP contribution in [0.1, 0.15) is 64.2 Å². The second-order valence-corrected chi connectivity index (χ2v) is 7.17. The molecule has 2 heteroatoms. The van der Waals surface area contributed by atoms with Gasteiger partial charge in [0.15, 0.2) is 0 Å². The fraction of sp³-hybridized carbons (Fsp3) is 0.938. The van der Waals surface area contributed by atoms with Gasteiger partial charge in [-0.25, -0.2) is 0 Å². The molecule has 3 rings (SSSR count). The summed E-state index contributed by atoms with van der Waals surface area (Å²) in [5.41, 5.74) is 1.13. The van der Waals surface area contributed by atoms with Crippen LogP contribution in [0.5, 0.6) is 0 Å². The van der Waals surface area contributed by atoms with Crippen LogP contribution in [0.2, 0.25) is 0 Å². The lowest BCUT2D eigenvalue weighted by Crippen LogP contribution is -2.43. The molecule has 0 aromatic rings. The lowest BCUT2D eigenvalue weighted by molar-refractivity contribution is 0.0575. The standard InChI is InChI=1S/C16H26N2/c17-11-8-16(6-7-16)14-18-12-9-15(10-13-18)4-2-1-3-5-15/h1-10,12-14H2. The maximum Gasteiger partial charge on any atom is 0.0628 e. The van der Waals surface area contributed by atoms with E-state index in [4.69, 9.17) is 5.26 Å². The fourth-order valence-corrected chi connectivity index (χ4v) is 4.20. The third kappa shape index (κ3) is 2.57. The van der Waals surface area contributed by atoms with Gasteiger partial charge in [0.05, 0.1) is 6.07 Å². The average Bonchev–Trinajstić information content (AvgIpc) is 3.14. The minimum atomic E-state index is 0.409. The van der Waals surface area contributed by atoms with Crippen LogP contribution in [-0.4, -0.2) is 24.5 Å². The van der Waals surface area contributed by atoms with Crippen molar-refractivity contribution >= 4 is 0 Å². The molecule has 1 spiro atoms. The molecule has 1 aliphatic heterocycles. The van der Waals surface area contributed by atoms with Gasteiger partial charge in [0.1, 0.15) is 0 Å². The van der Waals surface area contributed by atoms with Gasteiger partial charge in [-0.3, -0.25) is 0 Å². The molecule has 100 valence electrons. The van der Waals surface area contributed by atoms with Crippen molar-refractivity contribution in [2.75, 3.05) is 19.6 Å². The van der Waals surface area contributed by atoms with E-state index >= 15 is 0 Å². The molecule has 0 N–H and O–H groups in total. The van der Waals surface area contributed by atoms with Crippen LogP contribution in [0.3, 0.4) is 0 Å². The topological polar surface area (TPSA) is 27.0 Å². The number of nitrogens with zero attached hydrogens (tertiary/aromatic N) is 2. The van der Waals surface area contributed by atoms with E-state index in [1.54, 1.807) is 0 Å². The van der Waals surface area contributed by atoms with Crippen molar-refractivity contribution in [3.8, 4) is 6.07 Å². The molecular formula is C16H26N2. The van der Waals surface area contributed by atoms with Crippen molar-refractivity contribution in [2.24, 2.45) is 10.8 Å². The lowest BCUT2D eigenvalue weighted by atomic mass is 9.68. The number of hydrogen-bond acceptors (Lipinski definition) is 2. The van der Waals surface area contributed by atoms with Crippen LogP contribution in [0.15, 0.2) is 0 Å². The molecule has 0 aromatic heterocycles. The van der Waals surface area contributed by atoms with E-state index in [1.807, 2.05) is 0 Å². The maximum atomic E-state index is 8.90. The monoisotopic (exact) mass is 246 g/mol. The zero-order valence-electron chi connectivity index (χ0n) is 11.6. The Morgan fingerprint density at radius 1 is 0.889 bits per heavy atom. The average molecular weight is 246 g/mol. The summed E-state index contributed by atoms with van der Waals surface area (Å²) < 4.78 is 0. The van der Waals surface area contributed by atoms with E-state index in [1.165, 1.54) is 77.4 Å². The molecule has 1 heterocycles. The molecule has 3 aliphatic rings. The Bertz CT molecular complexity index is 321. The Morgan fingerprint density at radius 3 is 2.11 bits per heavy atom. The number of nitriles is 1. The Hall–Kier alpha value is -0.550. The van der Waals surface area contributed by atoms with Gasteiger partial charge in [0.2, 0.25) is 0 Å². The summed E-state index contributed by atoms with van der Waals surface area (Å²) in [7, 11) is 0. The molecule has 0 aromatic carbocycles. The largest absolute Gasteiger partial charge is 0.303 e. The quantitative estimate of drug-likeness (QED) is 0.758. The zero-order valence-corrected chi connectivity index (χ0v) is 11.6. The normalized spacial score (nSPS) is 29.9. The van der Waals surface area contributed by atoms with Crippen molar-refractivity contribution in [3.05, 3.63) is 0 Å². The summed E-state index contributed by atoms with van der Waals surface area (Å²) >= 11 is 0. The molecule has 0 bridgehead atoms. The van der Waals surface area contributed by atoms with E-state index in [9.17, 15) is 0 Å². The Morgan fingerprint density at radius 2 is 1.56 bits per heavy atom. The van der Waals surface area contributed by atoms with Crippen LogP contribution >= 0.6 is 0 Å². The van der Waals surface area contributed by atoms with Crippen molar-refractivity contribution in [3.63, 3.8) is 0 Å². The second kappa shape index (κ2) is 4.85. The molecule has 0 atom stereocenters. The minimum Gasteiger partial charge on any atom is -0.303 e. The van der Waals surface area contributed by atoms with Crippen LogP contribution in [-0.2, 0) is 0 Å². The first-order chi connectivity index (χ1) is 8.76. The predicted molar refractivity (Wildman–Crippen MR) is 73.1 cm³/mol. The SMILES string of the molecule is N#CCC1(CN2CCC3(CCCCC3)CC2)CC1. The third-order valence-corrected chi connectivity index (χ3v) is 5.80. The maximum absolute atomic E-state index is 8.90. The molecular weight excluding hydrogens is 220 g/mol. The Balaban J connectivity index is 1.50. The molecule has 2 nitrogen and oxygen atoms in total. The van der Waals surface area contributed by atoms with Crippen molar-refractivity contribution in [1.82, 2.24) is 4.90 Å². The van der Waals surface area contributed by atoms with E-state index in [0.29, 0.717) is 5.41 Å². The molecule has 3 fully saturated rings. The lowest BCUT2D eigenvalue weighted by Gasteiger charge is -2.45. The van der Waals surface area contributed by atoms with Gasteiger partial charge in [0.25, 0.3) is 0 Å². The zero-order chi connectivity index (χ0) is 12.5. The van der Waals surface area contributed by atoms with Gasteiger partial charge >= 0.3 is 0 Å². The molecule has 1 saturated heterocycles. The van der Waals surface area contributed by atoms with Gasteiger partial charge in [-0.05, 0) is 62.4 Å². The smallest absolute Gasteiger partial charge is 0.0628 e. The molecule has 0 amide bonds. The van der Waals surface area contributed by atoms with Gasteiger partial charge in [-0.1, -0.05) is 19.3 Å². The first kappa shape index (κ1) is 12.5. The summed E-state index contributed by atoms with van der Waals surface area (Å²) in [6.45, 7) is 3.80. The fourth-order valence-electron chi connectivity index (χ4n) is 4.20. The highest BCUT2D eigenvalue weighted by molar-refractivity contribution is 5.02. The Labute approximate surface area is 111 Å². The second-order valence-electron chi connectivity index (χ2n) is 7.17. The van der Waals surface area contributed by atoms with E-state index in [2.05, 4.69) is 11.0 Å². The van der Waals surface area contributed by atoms with Crippen LogP contribution in [0.4, 0.5) is 0 Å². The molecule has 2 aliphatic carbocycles. The van der Waals surface area contributed by atoms with Gasteiger partial charge in [-0.15, -0.1) is 0 Å². The van der Waals surface area contributed by atoms with E-state index in [-0.39, 0.29) is 0 Å². The first-order valence-corrected chi connectivity index (χ1v) is 7.85. The predicted octanol–water partition coefficient (Wildman–Crippen LogP) is 3.73. The van der Waals surface area contributed by atoms with Crippen molar-refractivity contribution in [2.45, 2.75) is 64.2 Å². The number of hydrogen-bond donors (Lipinski definition) is 0. The Kier molecular flexibility index (Phi) is 3.36. The van der Waals surface area contributed by atoms with Gasteiger partial charge in [-0.2, -0.15) is 5.26 Å². The van der Waals surface area contributed by atoms with Gasteiger partial charge in [0, 0.05) is 13.0 Å². The van der Waals surface area contributed by atoms with Crippen LogP contribution < -0.4 is 0 Å². The molecule has 18 heavy (non-hydrogen) atoms. The minimum absolute atomic E-state index is 0.409. The molecule has 2 saturated carbocycles. The van der Waals surface area contributed by atoms with E-state index < -0.39 is 0 Å². The summed E-state index contributed by atoms with van der Waals surface area (Å²) in [6.07, 6.45) is 13.6. The van der Waals surface area contributed by atoms with Crippen molar-refractivity contribution in [1.29, 1.82) is 5.26 Å². The third-order valence-electron chi connectivity index (χ3n) is 5.80. The summed E-state index contributed by atoms with van der Waals surface area (Å²) in [6, 6.07) is 2.39. The summed E-state index contributed by atoms with van der Waals surface area (Å²) in [5, 5.41) is 8.90. The molecule has 0 unspecified atom stereocenters. The summed E-state index contributed by atoms with van der Waals surface area (Å²) in [5.74, 6) is 0. The van der Waals surface area contributed by atoms with Gasteiger partial charge < -0.3 is 4.90 Å². The number of rotatable bonds is 3. The highest BCUT2D eigenvalue weighted by Crippen LogP contribution is 2.50. The first-order valence-electron chi connectivity index (χ1n) is 7.85. The molecule has 0 radical (unpaired) electrons. The highest BCUT2D eigenvalue weighted by atomic mass is 15.1. The van der Waals surface area contributed by atoms with Crippen LogP contribution in [0.25, 0.3) is 0 Å². The number of piperidine rings is 1. The number of likely N-dealkylation sites (tertiary alicyclic amines) is 1.